The molecule has 21 heavy (non-hydrogen) atoms. The van der Waals surface area contributed by atoms with Crippen molar-refractivity contribution in [2.45, 2.75) is 13.2 Å². The Hall–Kier alpha value is -2.89. The number of rotatable bonds is 4. The molecule has 3 rings (SSSR count). The Morgan fingerprint density at radius 2 is 2.00 bits per heavy atom. The Bertz CT molecular complexity index is 820. The van der Waals surface area contributed by atoms with Crippen molar-refractivity contribution in [3.63, 3.8) is 0 Å². The second-order valence-corrected chi connectivity index (χ2v) is 4.43. The number of ether oxygens (including phenoxy) is 1. The minimum Gasteiger partial charge on any atom is -0.459 e. The average molecular weight is 284 g/mol. The third-order valence-corrected chi connectivity index (χ3v) is 2.95. The molecule has 0 atom stereocenters. The molecule has 0 unspecified atom stereocenters. The van der Waals surface area contributed by atoms with Crippen molar-refractivity contribution in [2.24, 2.45) is 0 Å². The van der Waals surface area contributed by atoms with E-state index >= 15 is 0 Å². The highest BCUT2D eigenvalue weighted by Gasteiger charge is 2.14. The molecule has 0 N–H and O–H groups in total. The Balaban J connectivity index is 1.72. The van der Waals surface area contributed by atoms with Crippen LogP contribution in [0.4, 0.5) is 0 Å². The van der Waals surface area contributed by atoms with E-state index in [2.05, 4.69) is 4.98 Å². The zero-order chi connectivity index (χ0) is 14.7. The van der Waals surface area contributed by atoms with Crippen LogP contribution in [0.15, 0.2) is 57.9 Å². The molecule has 2 aromatic heterocycles. The van der Waals surface area contributed by atoms with Gasteiger partial charge in [-0.25, -0.2) is 14.3 Å². The summed E-state index contributed by atoms with van der Waals surface area (Å²) in [6.45, 7) is -0.0622. The van der Waals surface area contributed by atoms with Crippen LogP contribution >= 0.6 is 0 Å². The number of hydrogen-bond acceptors (Lipinski definition) is 5. The molecule has 0 aliphatic carbocycles. The van der Waals surface area contributed by atoms with Crippen molar-refractivity contribution in [3.8, 4) is 0 Å². The summed E-state index contributed by atoms with van der Waals surface area (Å²) in [5.41, 5.74) is 1.56. The summed E-state index contributed by atoms with van der Waals surface area (Å²) in [7, 11) is 0. The zero-order valence-electron chi connectivity index (χ0n) is 11.1. The van der Waals surface area contributed by atoms with Crippen LogP contribution in [0.1, 0.15) is 5.56 Å². The summed E-state index contributed by atoms with van der Waals surface area (Å²) in [5.74, 6) is -1.14. The Kier molecular flexibility index (Phi) is 3.51. The van der Waals surface area contributed by atoms with Crippen molar-refractivity contribution in [1.29, 1.82) is 0 Å². The third-order valence-electron chi connectivity index (χ3n) is 2.95. The van der Waals surface area contributed by atoms with E-state index in [1.165, 1.54) is 6.20 Å². The van der Waals surface area contributed by atoms with Crippen LogP contribution in [0.2, 0.25) is 0 Å². The van der Waals surface area contributed by atoms with Gasteiger partial charge in [-0.2, -0.15) is 0 Å². The number of fused-ring (bicyclic) bond motifs is 1. The second kappa shape index (κ2) is 5.62. The molecular weight excluding hydrogens is 272 g/mol. The van der Waals surface area contributed by atoms with Crippen LogP contribution in [0.5, 0.6) is 0 Å². The van der Waals surface area contributed by atoms with E-state index in [1.54, 1.807) is 12.1 Å². The lowest BCUT2D eigenvalue weighted by Crippen LogP contribution is -2.22. The van der Waals surface area contributed by atoms with E-state index in [0.29, 0.717) is 11.2 Å². The van der Waals surface area contributed by atoms with Crippen molar-refractivity contribution in [1.82, 2.24) is 9.55 Å². The standard InChI is InChI=1S/C15H12N2O4/c18-13(20-10-11-5-2-1-3-6-11)9-17-14-12(21-15(17)19)7-4-8-16-14/h1-8H,9-10H2. The number of carbonyl (C=O) groups is 1. The van der Waals surface area contributed by atoms with Gasteiger partial charge in [-0.1, -0.05) is 30.3 Å². The summed E-state index contributed by atoms with van der Waals surface area (Å²) in [5, 5.41) is 0. The van der Waals surface area contributed by atoms with Crippen molar-refractivity contribution in [2.75, 3.05) is 0 Å². The number of carbonyl (C=O) groups excluding carboxylic acids is 1. The minimum absolute atomic E-state index is 0.164. The molecule has 1 aromatic carbocycles. The zero-order valence-corrected chi connectivity index (χ0v) is 11.1. The van der Waals surface area contributed by atoms with Gasteiger partial charge in [-0.05, 0) is 17.7 Å². The maximum absolute atomic E-state index is 11.8. The van der Waals surface area contributed by atoms with E-state index < -0.39 is 11.7 Å². The monoisotopic (exact) mass is 284 g/mol. The van der Waals surface area contributed by atoms with Gasteiger partial charge in [0.05, 0.1) is 0 Å². The molecule has 0 spiro atoms. The number of oxazole rings is 1. The van der Waals surface area contributed by atoms with Gasteiger partial charge in [0, 0.05) is 6.20 Å². The van der Waals surface area contributed by atoms with Crippen LogP contribution < -0.4 is 5.76 Å². The van der Waals surface area contributed by atoms with E-state index in [9.17, 15) is 9.59 Å². The predicted molar refractivity (Wildman–Crippen MR) is 74.5 cm³/mol. The number of esters is 1. The molecule has 2 heterocycles. The lowest BCUT2D eigenvalue weighted by atomic mass is 10.2. The molecule has 6 heteroatoms. The summed E-state index contributed by atoms with van der Waals surface area (Å²) < 4.78 is 11.3. The molecule has 0 bridgehead atoms. The smallest absolute Gasteiger partial charge is 0.421 e. The molecule has 0 fully saturated rings. The quantitative estimate of drug-likeness (QED) is 0.682. The first-order valence-corrected chi connectivity index (χ1v) is 6.38. The van der Waals surface area contributed by atoms with Gasteiger partial charge in [-0.15, -0.1) is 0 Å². The average Bonchev–Trinajstić information content (AvgIpc) is 2.82. The van der Waals surface area contributed by atoms with Crippen molar-refractivity contribution >= 4 is 17.2 Å². The molecule has 3 aromatic rings. The van der Waals surface area contributed by atoms with E-state index in [-0.39, 0.29) is 13.2 Å². The van der Waals surface area contributed by atoms with E-state index in [4.69, 9.17) is 9.15 Å². The Morgan fingerprint density at radius 1 is 1.19 bits per heavy atom. The van der Waals surface area contributed by atoms with Crippen LogP contribution in [0.25, 0.3) is 11.2 Å². The minimum atomic E-state index is -0.625. The number of aromatic nitrogens is 2. The molecule has 0 amide bonds. The number of pyridine rings is 1. The van der Waals surface area contributed by atoms with Gasteiger partial charge in [0.15, 0.2) is 11.2 Å². The molecule has 0 saturated heterocycles. The largest absolute Gasteiger partial charge is 0.459 e. The summed E-state index contributed by atoms with van der Waals surface area (Å²) >= 11 is 0. The SMILES string of the molecule is O=C(Cn1c(=O)oc2cccnc21)OCc1ccccc1. The second-order valence-electron chi connectivity index (χ2n) is 4.43. The fourth-order valence-electron chi connectivity index (χ4n) is 1.95. The lowest BCUT2D eigenvalue weighted by Gasteiger charge is -2.05. The number of nitrogens with zero attached hydrogens (tertiary/aromatic N) is 2. The number of benzene rings is 1. The fourth-order valence-corrected chi connectivity index (χ4v) is 1.95. The Morgan fingerprint density at radius 3 is 2.81 bits per heavy atom. The van der Waals surface area contributed by atoms with Gasteiger partial charge in [0.25, 0.3) is 0 Å². The first-order valence-electron chi connectivity index (χ1n) is 6.38. The Labute approximate surface area is 119 Å². The van der Waals surface area contributed by atoms with Gasteiger partial charge >= 0.3 is 11.7 Å². The normalized spacial score (nSPS) is 10.7. The van der Waals surface area contributed by atoms with Gasteiger partial charge < -0.3 is 9.15 Å². The van der Waals surface area contributed by atoms with Crippen LogP contribution in [0.3, 0.4) is 0 Å². The molecule has 0 saturated carbocycles. The van der Waals surface area contributed by atoms with Crippen molar-refractivity contribution in [3.05, 3.63) is 64.8 Å². The molecule has 106 valence electrons. The maximum atomic E-state index is 11.8. The van der Waals surface area contributed by atoms with Crippen LogP contribution in [-0.4, -0.2) is 15.5 Å². The van der Waals surface area contributed by atoms with Crippen LogP contribution in [0, 0.1) is 0 Å². The highest BCUT2D eigenvalue weighted by Crippen LogP contribution is 2.09. The number of hydrogen-bond donors (Lipinski definition) is 0. The first kappa shape index (κ1) is 13.1. The summed E-state index contributed by atoms with van der Waals surface area (Å²) in [4.78, 5) is 27.6. The third kappa shape index (κ3) is 2.84. The molecular formula is C15H12N2O4. The van der Waals surface area contributed by atoms with Gasteiger partial charge in [0.2, 0.25) is 0 Å². The predicted octanol–water partition coefficient (Wildman–Crippen LogP) is 1.73. The summed E-state index contributed by atoms with van der Waals surface area (Å²) in [6, 6.07) is 12.6. The lowest BCUT2D eigenvalue weighted by molar-refractivity contribution is -0.145. The van der Waals surface area contributed by atoms with Gasteiger partial charge in [-0.3, -0.25) is 4.79 Å². The van der Waals surface area contributed by atoms with Crippen LogP contribution in [-0.2, 0) is 22.7 Å². The highest BCUT2D eigenvalue weighted by atomic mass is 16.5. The molecule has 0 aliphatic rings. The van der Waals surface area contributed by atoms with Gasteiger partial charge in [0.1, 0.15) is 13.2 Å². The fraction of sp³-hybridized carbons (Fsp3) is 0.133. The molecule has 0 radical (unpaired) electrons. The topological polar surface area (TPSA) is 74.3 Å². The van der Waals surface area contributed by atoms with E-state index in [1.807, 2.05) is 30.3 Å². The summed E-state index contributed by atoms with van der Waals surface area (Å²) in [6.07, 6.45) is 1.53. The molecule has 0 aliphatic heterocycles. The first-order chi connectivity index (χ1) is 10.2. The highest BCUT2D eigenvalue weighted by molar-refractivity contribution is 5.73. The molecule has 6 nitrogen and oxygen atoms in total. The van der Waals surface area contributed by atoms with E-state index in [0.717, 1.165) is 10.1 Å². The van der Waals surface area contributed by atoms with Crippen molar-refractivity contribution < 1.29 is 13.9 Å². The maximum Gasteiger partial charge on any atom is 0.421 e.